The Hall–Kier alpha value is -2.66. The zero-order chi connectivity index (χ0) is 17.5. The third-order valence-corrected chi connectivity index (χ3v) is 3.75. The second-order valence-electron chi connectivity index (χ2n) is 4.98. The molecule has 0 atom stereocenters. The van der Waals surface area contributed by atoms with Gasteiger partial charge in [-0.15, -0.1) is 0 Å². The van der Waals surface area contributed by atoms with Gasteiger partial charge in [-0.3, -0.25) is 0 Å². The number of hydrogen-bond acceptors (Lipinski definition) is 3. The summed E-state index contributed by atoms with van der Waals surface area (Å²) in [5, 5.41) is 5.95. The van der Waals surface area contributed by atoms with Crippen LogP contribution in [0.4, 0.5) is 10.5 Å². The molecular weight excluding hydrogens is 328 g/mol. The summed E-state index contributed by atoms with van der Waals surface area (Å²) in [5.74, 6) is 1.22. The molecule has 0 aliphatic rings. The van der Waals surface area contributed by atoms with Crippen LogP contribution >= 0.6 is 11.6 Å². The van der Waals surface area contributed by atoms with Gasteiger partial charge in [0.2, 0.25) is 0 Å². The molecule has 5 nitrogen and oxygen atoms in total. The molecule has 2 N–H and O–H groups in total. The summed E-state index contributed by atoms with van der Waals surface area (Å²) < 4.78 is 10.5. The number of anilines is 1. The van der Waals surface area contributed by atoms with Gasteiger partial charge in [0, 0.05) is 22.9 Å². The van der Waals surface area contributed by atoms with Crippen LogP contribution in [0.1, 0.15) is 11.1 Å². The molecular formula is C18H19ClN2O3. The number of aryl methyl sites for hydroxylation is 1. The third kappa shape index (κ3) is 4.43. The molecule has 0 saturated heterocycles. The van der Waals surface area contributed by atoms with Gasteiger partial charge in [-0.1, -0.05) is 29.8 Å². The van der Waals surface area contributed by atoms with Gasteiger partial charge in [-0.25, -0.2) is 4.79 Å². The Bertz CT molecular complexity index is 760. The van der Waals surface area contributed by atoms with Crippen molar-refractivity contribution in [3.8, 4) is 11.5 Å². The predicted octanol–water partition coefficient (Wildman–Crippen LogP) is 4.46. The number of carbonyl (C=O) groups is 1. The summed E-state index contributed by atoms with van der Waals surface area (Å²) in [6.45, 7) is 1.85. The van der Waals surface area contributed by atoms with Gasteiger partial charge in [0.05, 0.1) is 19.9 Å². The summed E-state index contributed by atoms with van der Waals surface area (Å²) in [5.41, 5.74) is 2.25. The maximum Gasteiger partial charge on any atom is 0.323 e. The summed E-state index contributed by atoms with van der Waals surface area (Å²) in [6.07, 6.45) is 3.30. The first-order valence-electron chi connectivity index (χ1n) is 7.26. The number of methoxy groups -OCH3 is 2. The molecule has 0 saturated carbocycles. The monoisotopic (exact) mass is 346 g/mol. The number of rotatable bonds is 5. The Labute approximate surface area is 146 Å². The first kappa shape index (κ1) is 17.7. The van der Waals surface area contributed by atoms with Gasteiger partial charge in [-0.2, -0.15) is 0 Å². The highest BCUT2D eigenvalue weighted by Gasteiger charge is 2.09. The van der Waals surface area contributed by atoms with Crippen LogP contribution in [0.25, 0.3) is 6.08 Å². The van der Waals surface area contributed by atoms with E-state index in [1.54, 1.807) is 31.5 Å². The van der Waals surface area contributed by atoms with Crippen LogP contribution in [0.5, 0.6) is 11.5 Å². The molecule has 2 amide bonds. The Morgan fingerprint density at radius 3 is 2.54 bits per heavy atom. The van der Waals surface area contributed by atoms with Gasteiger partial charge < -0.3 is 20.1 Å². The van der Waals surface area contributed by atoms with E-state index >= 15 is 0 Å². The van der Waals surface area contributed by atoms with Gasteiger partial charge >= 0.3 is 6.03 Å². The van der Waals surface area contributed by atoms with E-state index in [2.05, 4.69) is 10.6 Å². The molecule has 0 fully saturated rings. The Morgan fingerprint density at radius 2 is 1.83 bits per heavy atom. The van der Waals surface area contributed by atoms with Gasteiger partial charge in [0.15, 0.2) is 0 Å². The zero-order valence-electron chi connectivity index (χ0n) is 13.7. The SMILES string of the molecule is COc1ccccc1/C=C/NC(=O)Nc1cc(C)c(Cl)cc1OC. The van der Waals surface area contributed by atoms with Crippen LogP contribution in [0.3, 0.4) is 0 Å². The lowest BCUT2D eigenvalue weighted by molar-refractivity contribution is 0.255. The van der Waals surface area contributed by atoms with Crippen molar-refractivity contribution in [3.63, 3.8) is 0 Å². The van der Waals surface area contributed by atoms with Gasteiger partial charge in [0.25, 0.3) is 0 Å². The molecule has 6 heteroatoms. The van der Waals surface area contributed by atoms with Crippen molar-refractivity contribution in [1.82, 2.24) is 5.32 Å². The van der Waals surface area contributed by atoms with Crippen molar-refractivity contribution in [2.24, 2.45) is 0 Å². The second kappa shape index (κ2) is 8.26. The molecule has 0 aromatic heterocycles. The number of amides is 2. The largest absolute Gasteiger partial charge is 0.496 e. The smallest absolute Gasteiger partial charge is 0.323 e. The second-order valence-corrected chi connectivity index (χ2v) is 5.38. The van der Waals surface area contributed by atoms with Crippen molar-refractivity contribution >= 4 is 29.4 Å². The molecule has 0 aliphatic heterocycles. The number of para-hydroxylation sites is 1. The Kier molecular flexibility index (Phi) is 6.09. The average molecular weight is 347 g/mol. The highest BCUT2D eigenvalue weighted by molar-refractivity contribution is 6.31. The van der Waals surface area contributed by atoms with Crippen LogP contribution < -0.4 is 20.1 Å². The number of benzene rings is 2. The number of hydrogen-bond donors (Lipinski definition) is 2. The minimum Gasteiger partial charge on any atom is -0.496 e. The Morgan fingerprint density at radius 1 is 1.12 bits per heavy atom. The molecule has 0 aliphatic carbocycles. The van der Waals surface area contributed by atoms with E-state index < -0.39 is 0 Å². The van der Waals surface area contributed by atoms with Crippen molar-refractivity contribution in [2.45, 2.75) is 6.92 Å². The van der Waals surface area contributed by atoms with Crippen molar-refractivity contribution in [2.75, 3.05) is 19.5 Å². The molecule has 0 radical (unpaired) electrons. The molecule has 0 heterocycles. The lowest BCUT2D eigenvalue weighted by Gasteiger charge is -2.12. The minimum absolute atomic E-state index is 0.388. The van der Waals surface area contributed by atoms with E-state index in [9.17, 15) is 4.79 Å². The fourth-order valence-corrected chi connectivity index (χ4v) is 2.25. The first-order chi connectivity index (χ1) is 11.5. The van der Waals surface area contributed by atoms with Crippen LogP contribution in [-0.2, 0) is 0 Å². The summed E-state index contributed by atoms with van der Waals surface area (Å²) in [7, 11) is 3.12. The summed E-state index contributed by atoms with van der Waals surface area (Å²) in [4.78, 5) is 12.0. The van der Waals surface area contributed by atoms with Crippen LogP contribution in [0.15, 0.2) is 42.6 Å². The highest BCUT2D eigenvalue weighted by atomic mass is 35.5. The molecule has 2 aromatic rings. The van der Waals surface area contributed by atoms with Crippen molar-refractivity contribution < 1.29 is 14.3 Å². The highest BCUT2D eigenvalue weighted by Crippen LogP contribution is 2.30. The summed E-state index contributed by atoms with van der Waals surface area (Å²) in [6, 6.07) is 10.5. The van der Waals surface area contributed by atoms with Crippen LogP contribution in [0.2, 0.25) is 5.02 Å². The number of halogens is 1. The molecule has 2 aromatic carbocycles. The Balaban J connectivity index is 2.04. The maximum atomic E-state index is 12.0. The van der Waals surface area contributed by atoms with E-state index in [0.717, 1.165) is 16.9 Å². The molecule has 0 spiro atoms. The quantitative estimate of drug-likeness (QED) is 0.840. The van der Waals surface area contributed by atoms with E-state index in [0.29, 0.717) is 16.5 Å². The average Bonchev–Trinajstić information content (AvgIpc) is 2.58. The zero-order valence-corrected chi connectivity index (χ0v) is 14.5. The van der Waals surface area contributed by atoms with Crippen molar-refractivity contribution in [1.29, 1.82) is 0 Å². The normalized spacial score (nSPS) is 10.5. The third-order valence-electron chi connectivity index (χ3n) is 3.35. The van der Waals surface area contributed by atoms with Crippen molar-refractivity contribution in [3.05, 3.63) is 58.7 Å². The number of ether oxygens (including phenoxy) is 2. The van der Waals surface area contributed by atoms with Crippen LogP contribution in [-0.4, -0.2) is 20.3 Å². The molecule has 24 heavy (non-hydrogen) atoms. The number of urea groups is 1. The molecule has 0 bridgehead atoms. The van der Waals surface area contributed by atoms with Crippen LogP contribution in [0, 0.1) is 6.92 Å². The summed E-state index contributed by atoms with van der Waals surface area (Å²) >= 11 is 6.05. The standard InChI is InChI=1S/C18H19ClN2O3/c1-12-10-15(17(24-3)11-14(12)19)21-18(22)20-9-8-13-6-4-5-7-16(13)23-2/h4-11H,1-3H3,(H2,20,21,22)/b9-8+. The van der Waals surface area contributed by atoms with E-state index in [1.807, 2.05) is 31.2 Å². The fourth-order valence-electron chi connectivity index (χ4n) is 2.10. The minimum atomic E-state index is -0.388. The van der Waals surface area contributed by atoms with E-state index in [4.69, 9.17) is 21.1 Å². The molecule has 126 valence electrons. The van der Waals surface area contributed by atoms with E-state index in [1.165, 1.54) is 7.11 Å². The lowest BCUT2D eigenvalue weighted by Crippen LogP contribution is -2.24. The van der Waals surface area contributed by atoms with E-state index in [-0.39, 0.29) is 6.03 Å². The predicted molar refractivity (Wildman–Crippen MR) is 96.9 cm³/mol. The molecule has 0 unspecified atom stereocenters. The lowest BCUT2D eigenvalue weighted by atomic mass is 10.2. The first-order valence-corrected chi connectivity index (χ1v) is 7.64. The maximum absolute atomic E-state index is 12.0. The topological polar surface area (TPSA) is 59.6 Å². The van der Waals surface area contributed by atoms with Gasteiger partial charge in [-0.05, 0) is 30.7 Å². The fraction of sp³-hybridized carbons (Fsp3) is 0.167. The molecule has 2 rings (SSSR count). The number of nitrogens with one attached hydrogen (secondary N) is 2. The van der Waals surface area contributed by atoms with Gasteiger partial charge in [0.1, 0.15) is 11.5 Å². The number of carbonyl (C=O) groups excluding carboxylic acids is 1.